The minimum atomic E-state index is -0.833. The number of ether oxygens (including phenoxy) is 1. The first-order valence-corrected chi connectivity index (χ1v) is 12.7. The third-order valence-electron chi connectivity index (χ3n) is 7.00. The first-order chi connectivity index (χ1) is 18.2. The molecule has 1 unspecified atom stereocenters. The predicted octanol–water partition coefficient (Wildman–Crippen LogP) is 2.76. The molecule has 1 saturated heterocycles. The van der Waals surface area contributed by atoms with Gasteiger partial charge in [0.1, 0.15) is 17.0 Å². The summed E-state index contributed by atoms with van der Waals surface area (Å²) in [6.07, 6.45) is 7.06. The molecule has 1 fully saturated rings. The molecule has 1 aromatic heterocycles. The Labute approximate surface area is 221 Å². The first-order valence-electron chi connectivity index (χ1n) is 12.7. The van der Waals surface area contributed by atoms with Gasteiger partial charge >= 0.3 is 0 Å². The minimum absolute atomic E-state index is 0.0450. The average molecular weight is 516 g/mol. The normalized spacial score (nSPS) is 20.0. The number of piperidine rings is 1. The number of imidazole rings is 1. The molecule has 198 valence electrons. The number of nitrogens with two attached hydrogens (primary N) is 1. The summed E-state index contributed by atoms with van der Waals surface area (Å²) in [4.78, 5) is 31.3. The number of benzene rings is 2. The van der Waals surface area contributed by atoms with Gasteiger partial charge in [-0.3, -0.25) is 9.59 Å². The van der Waals surface area contributed by atoms with E-state index < -0.39 is 11.5 Å². The minimum Gasteiger partial charge on any atom is -0.479 e. The van der Waals surface area contributed by atoms with Crippen LogP contribution in [0.15, 0.2) is 66.5 Å². The Balaban J connectivity index is 1.27. The second-order valence-electron chi connectivity index (χ2n) is 10.1. The van der Waals surface area contributed by atoms with Crippen LogP contribution in [0.3, 0.4) is 0 Å². The zero-order chi connectivity index (χ0) is 26.9. The largest absolute Gasteiger partial charge is 0.479 e. The lowest BCUT2D eigenvalue weighted by Gasteiger charge is -2.29. The first kappa shape index (κ1) is 25.3. The molecular formula is C28H33N7O3. The van der Waals surface area contributed by atoms with Crippen LogP contribution in [0.2, 0.25) is 0 Å². The van der Waals surface area contributed by atoms with Crippen molar-refractivity contribution in [2.75, 3.05) is 25.5 Å². The van der Waals surface area contributed by atoms with Crippen LogP contribution in [-0.2, 0) is 11.8 Å². The van der Waals surface area contributed by atoms with Gasteiger partial charge in [-0.05, 0) is 88.5 Å². The lowest BCUT2D eigenvalue weighted by atomic mass is 10.0. The van der Waals surface area contributed by atoms with Crippen LogP contribution < -0.4 is 26.4 Å². The lowest BCUT2D eigenvalue weighted by Crippen LogP contribution is -2.43. The van der Waals surface area contributed by atoms with Gasteiger partial charge in [0.05, 0.1) is 11.0 Å². The molecule has 3 heterocycles. The van der Waals surface area contributed by atoms with Gasteiger partial charge in [0.25, 0.3) is 11.8 Å². The van der Waals surface area contributed by atoms with E-state index in [1.165, 1.54) is 0 Å². The molecule has 0 bridgehead atoms. The number of nitrogens with one attached hydrogen (secondary N) is 3. The molecule has 10 heteroatoms. The van der Waals surface area contributed by atoms with Gasteiger partial charge in [0.2, 0.25) is 5.95 Å². The van der Waals surface area contributed by atoms with Crippen LogP contribution >= 0.6 is 0 Å². The standard InChI is InChI=1S/C28H33N7O3/c1-28(12-13-30-23(17-28)25(29)36)38-21-8-9-24-22(16-21)33-27(35(24)3)32-19-6-4-18(5-7-19)26(37)31-20-10-14-34(2)15-11-20/h4-9,12-13,16-17,20,30H,10-11,14-15H2,1-3H3,(H2,29,36)(H,31,37)(H,32,33). The van der Waals surface area contributed by atoms with E-state index in [0.717, 1.165) is 42.7 Å². The molecule has 2 amide bonds. The van der Waals surface area contributed by atoms with E-state index >= 15 is 0 Å². The van der Waals surface area contributed by atoms with E-state index in [0.29, 0.717) is 17.3 Å². The third-order valence-corrected chi connectivity index (χ3v) is 7.00. The maximum atomic E-state index is 12.7. The van der Waals surface area contributed by atoms with Gasteiger partial charge in [0.15, 0.2) is 0 Å². The number of carbonyl (C=O) groups is 2. The van der Waals surface area contributed by atoms with E-state index in [-0.39, 0.29) is 17.6 Å². The maximum Gasteiger partial charge on any atom is 0.264 e. The highest BCUT2D eigenvalue weighted by atomic mass is 16.5. The average Bonchev–Trinajstić information content (AvgIpc) is 3.19. The van der Waals surface area contributed by atoms with Gasteiger partial charge in [0, 0.05) is 36.6 Å². The number of amides is 2. The summed E-state index contributed by atoms with van der Waals surface area (Å²) < 4.78 is 8.13. The highest BCUT2D eigenvalue weighted by molar-refractivity contribution is 5.95. The van der Waals surface area contributed by atoms with Gasteiger partial charge in [-0.25, -0.2) is 4.98 Å². The van der Waals surface area contributed by atoms with Crippen LogP contribution in [0, 0.1) is 0 Å². The summed E-state index contributed by atoms with van der Waals surface area (Å²) in [7, 11) is 4.04. The maximum absolute atomic E-state index is 12.7. The molecule has 10 nitrogen and oxygen atoms in total. The highest BCUT2D eigenvalue weighted by Gasteiger charge is 2.26. The summed E-state index contributed by atoms with van der Waals surface area (Å²) in [5, 5.41) is 9.31. The number of anilines is 2. The van der Waals surface area contributed by atoms with Crippen molar-refractivity contribution in [3.63, 3.8) is 0 Å². The Morgan fingerprint density at radius 2 is 1.87 bits per heavy atom. The number of aromatic nitrogens is 2. The second kappa shape index (κ2) is 10.2. The van der Waals surface area contributed by atoms with Crippen LogP contribution in [0.1, 0.15) is 30.1 Å². The van der Waals surface area contributed by atoms with E-state index in [1.54, 1.807) is 12.3 Å². The van der Waals surface area contributed by atoms with E-state index in [1.807, 2.05) is 67.1 Å². The van der Waals surface area contributed by atoms with Crippen molar-refractivity contribution in [2.24, 2.45) is 12.8 Å². The number of likely N-dealkylation sites (tertiary alicyclic amines) is 1. The van der Waals surface area contributed by atoms with Gasteiger partial charge in [-0.2, -0.15) is 0 Å². The molecule has 38 heavy (non-hydrogen) atoms. The summed E-state index contributed by atoms with van der Waals surface area (Å²) in [6, 6.07) is 13.3. The summed E-state index contributed by atoms with van der Waals surface area (Å²) in [6.45, 7) is 3.85. The predicted molar refractivity (Wildman–Crippen MR) is 147 cm³/mol. The Morgan fingerprint density at radius 3 is 2.58 bits per heavy atom. The molecule has 0 aliphatic carbocycles. The number of carbonyl (C=O) groups excluding carboxylic acids is 2. The molecule has 1 atom stereocenters. The van der Waals surface area contributed by atoms with Gasteiger partial charge in [-0.15, -0.1) is 0 Å². The summed E-state index contributed by atoms with van der Waals surface area (Å²) in [5.74, 6) is 0.670. The zero-order valence-corrected chi connectivity index (χ0v) is 21.8. The third kappa shape index (κ3) is 5.50. The zero-order valence-electron chi connectivity index (χ0n) is 21.8. The Morgan fingerprint density at radius 1 is 1.13 bits per heavy atom. The van der Waals surface area contributed by atoms with Crippen LogP contribution in [-0.4, -0.2) is 58.0 Å². The molecule has 2 aliphatic heterocycles. The number of nitrogens with zero attached hydrogens (tertiary/aromatic N) is 3. The molecule has 0 radical (unpaired) electrons. The molecular weight excluding hydrogens is 482 g/mol. The fourth-order valence-electron chi connectivity index (χ4n) is 4.74. The molecule has 2 aliphatic rings. The number of fused-ring (bicyclic) bond motifs is 1. The van der Waals surface area contributed by atoms with Crippen molar-refractivity contribution in [3.05, 3.63) is 72.1 Å². The number of hydrogen-bond acceptors (Lipinski definition) is 7. The summed E-state index contributed by atoms with van der Waals surface area (Å²) in [5.41, 5.74) is 7.99. The Bertz CT molecular complexity index is 1420. The van der Waals surface area contributed by atoms with Crippen molar-refractivity contribution < 1.29 is 14.3 Å². The van der Waals surface area contributed by atoms with E-state index in [2.05, 4.69) is 27.9 Å². The van der Waals surface area contributed by atoms with Gasteiger partial charge < -0.3 is 35.9 Å². The van der Waals surface area contributed by atoms with Crippen LogP contribution in [0.4, 0.5) is 11.6 Å². The number of rotatable bonds is 7. The molecule has 0 spiro atoms. The fraction of sp³-hybridized carbons (Fsp3) is 0.321. The SMILES string of the molecule is CN1CCC(NC(=O)c2ccc(Nc3nc4cc(OC5(C)C=CNC(C(N)=O)=C5)ccc4n3C)cc2)CC1. The van der Waals surface area contributed by atoms with Crippen LogP contribution in [0.5, 0.6) is 5.75 Å². The number of hydrogen-bond donors (Lipinski definition) is 4. The van der Waals surface area contributed by atoms with E-state index in [9.17, 15) is 9.59 Å². The quantitative estimate of drug-likeness (QED) is 0.381. The monoisotopic (exact) mass is 515 g/mol. The van der Waals surface area contributed by atoms with Crippen molar-refractivity contribution in [2.45, 2.75) is 31.4 Å². The Kier molecular flexibility index (Phi) is 6.81. The van der Waals surface area contributed by atoms with Gasteiger partial charge in [-0.1, -0.05) is 0 Å². The Hall–Kier alpha value is -4.31. The van der Waals surface area contributed by atoms with Crippen molar-refractivity contribution in [1.82, 2.24) is 25.1 Å². The van der Waals surface area contributed by atoms with Crippen molar-refractivity contribution in [3.8, 4) is 5.75 Å². The molecule has 5 rings (SSSR count). The van der Waals surface area contributed by atoms with Crippen molar-refractivity contribution >= 4 is 34.5 Å². The smallest absolute Gasteiger partial charge is 0.264 e. The number of primary amides is 1. The van der Waals surface area contributed by atoms with Crippen molar-refractivity contribution in [1.29, 1.82) is 0 Å². The fourth-order valence-corrected chi connectivity index (χ4v) is 4.74. The molecule has 3 aromatic rings. The molecule has 5 N–H and O–H groups in total. The van der Waals surface area contributed by atoms with E-state index in [4.69, 9.17) is 15.5 Å². The topological polar surface area (TPSA) is 127 Å². The molecule has 2 aromatic carbocycles. The second-order valence-corrected chi connectivity index (χ2v) is 10.1. The molecule has 0 saturated carbocycles. The lowest BCUT2D eigenvalue weighted by molar-refractivity contribution is -0.115. The number of dihydropyridines is 1. The highest BCUT2D eigenvalue weighted by Crippen LogP contribution is 2.29. The number of aryl methyl sites for hydroxylation is 1. The van der Waals surface area contributed by atoms with Crippen LogP contribution in [0.25, 0.3) is 11.0 Å². The summed E-state index contributed by atoms with van der Waals surface area (Å²) >= 11 is 0.